The first-order valence-corrected chi connectivity index (χ1v) is 6.81. The molecule has 1 aromatic heterocycles. The number of hydrogen-bond donors (Lipinski definition) is 2. The fourth-order valence-electron chi connectivity index (χ4n) is 2.16. The summed E-state index contributed by atoms with van der Waals surface area (Å²) in [6, 6.07) is 0.952. The Morgan fingerprint density at radius 1 is 1.41 bits per heavy atom. The van der Waals surface area contributed by atoms with Gasteiger partial charge in [0, 0.05) is 32.7 Å². The van der Waals surface area contributed by atoms with Gasteiger partial charge < -0.3 is 15.1 Å². The van der Waals surface area contributed by atoms with Crippen LogP contribution in [0.3, 0.4) is 0 Å². The lowest BCUT2D eigenvalue weighted by Crippen LogP contribution is -2.57. The summed E-state index contributed by atoms with van der Waals surface area (Å²) in [5, 5.41) is 5.24. The first-order chi connectivity index (χ1) is 9.88. The summed E-state index contributed by atoms with van der Waals surface area (Å²) in [7, 11) is 0. The minimum Gasteiger partial charge on any atom is -0.440 e. The molecule has 2 N–H and O–H groups in total. The van der Waals surface area contributed by atoms with E-state index in [1.165, 1.54) is 17.0 Å². The third kappa shape index (κ3) is 5.05. The summed E-state index contributed by atoms with van der Waals surface area (Å²) in [5.41, 5.74) is 0. The van der Waals surface area contributed by atoms with E-state index in [0.29, 0.717) is 13.1 Å². The van der Waals surface area contributed by atoms with Crippen molar-refractivity contribution in [1.82, 2.24) is 15.5 Å². The predicted octanol–water partition coefficient (Wildman–Crippen LogP) is 1.92. The molecule has 126 valence electrons. The second kappa shape index (κ2) is 8.05. The Morgan fingerprint density at radius 3 is 2.55 bits per heavy atom. The van der Waals surface area contributed by atoms with E-state index in [9.17, 15) is 18.0 Å². The molecule has 0 saturated carbocycles. The number of alkyl halides is 3. The van der Waals surface area contributed by atoms with E-state index >= 15 is 0 Å². The van der Waals surface area contributed by atoms with Crippen molar-refractivity contribution in [3.8, 4) is 0 Å². The Morgan fingerprint density at radius 2 is 2.05 bits per heavy atom. The van der Waals surface area contributed by atoms with E-state index in [4.69, 9.17) is 16.0 Å². The fourth-order valence-corrected chi connectivity index (χ4v) is 2.30. The van der Waals surface area contributed by atoms with Crippen molar-refractivity contribution in [3.05, 3.63) is 23.1 Å². The van der Waals surface area contributed by atoms with Crippen molar-refractivity contribution in [3.63, 3.8) is 0 Å². The van der Waals surface area contributed by atoms with Crippen LogP contribution in [0.4, 0.5) is 13.2 Å². The van der Waals surface area contributed by atoms with Crippen molar-refractivity contribution in [1.29, 1.82) is 0 Å². The Kier molecular flexibility index (Phi) is 6.98. The zero-order valence-corrected chi connectivity index (χ0v) is 13.0. The van der Waals surface area contributed by atoms with Gasteiger partial charge in [-0.3, -0.25) is 9.69 Å². The quantitative estimate of drug-likeness (QED) is 0.860. The molecule has 0 aliphatic carbocycles. The molecule has 2 rings (SSSR count). The van der Waals surface area contributed by atoms with Gasteiger partial charge in [-0.25, -0.2) is 0 Å². The van der Waals surface area contributed by atoms with Crippen LogP contribution in [0.25, 0.3) is 0 Å². The fraction of sp³-hybridized carbons (Fsp3) is 0.583. The first-order valence-electron chi connectivity index (χ1n) is 6.43. The number of halogens is 5. The molecule has 1 atom stereocenters. The largest absolute Gasteiger partial charge is 0.440 e. The molecule has 0 bridgehead atoms. The first kappa shape index (κ1) is 19.1. The molecule has 2 heterocycles. The lowest BCUT2D eigenvalue weighted by molar-refractivity contribution is -0.183. The molecule has 1 unspecified atom stereocenters. The highest BCUT2D eigenvalue weighted by molar-refractivity contribution is 6.29. The van der Waals surface area contributed by atoms with Gasteiger partial charge in [0.25, 0.3) is 5.91 Å². The Balaban J connectivity index is 0.00000242. The highest BCUT2D eigenvalue weighted by Gasteiger charge is 2.43. The predicted molar refractivity (Wildman–Crippen MR) is 77.6 cm³/mol. The van der Waals surface area contributed by atoms with Crippen LogP contribution in [0.5, 0.6) is 0 Å². The second-order valence-corrected chi connectivity index (χ2v) is 5.03. The lowest BCUT2D eigenvalue weighted by Gasteiger charge is -2.35. The second-order valence-electron chi connectivity index (χ2n) is 4.66. The summed E-state index contributed by atoms with van der Waals surface area (Å²) < 4.78 is 44.2. The summed E-state index contributed by atoms with van der Waals surface area (Å²) in [6.07, 6.45) is -4.41. The van der Waals surface area contributed by atoms with Crippen molar-refractivity contribution in [2.24, 2.45) is 0 Å². The van der Waals surface area contributed by atoms with Crippen LogP contribution in [0.15, 0.2) is 16.5 Å². The zero-order chi connectivity index (χ0) is 15.5. The van der Waals surface area contributed by atoms with Crippen LogP contribution in [0.2, 0.25) is 5.22 Å². The molecule has 1 aliphatic rings. The van der Waals surface area contributed by atoms with Crippen LogP contribution >= 0.6 is 24.0 Å². The van der Waals surface area contributed by atoms with Crippen LogP contribution in [0.1, 0.15) is 10.6 Å². The third-order valence-corrected chi connectivity index (χ3v) is 3.43. The number of amides is 1. The van der Waals surface area contributed by atoms with E-state index in [-0.39, 0.29) is 36.5 Å². The van der Waals surface area contributed by atoms with E-state index in [0.717, 1.165) is 0 Å². The molecule has 10 heteroatoms. The SMILES string of the molecule is Cl.O=C(NCC(N1CCNCC1)C(F)(F)F)c1ccc(Cl)o1. The number of rotatable bonds is 4. The maximum absolute atomic E-state index is 13.1. The number of piperazine rings is 1. The minimum absolute atomic E-state index is 0. The van der Waals surface area contributed by atoms with Crippen LogP contribution in [0, 0.1) is 0 Å². The van der Waals surface area contributed by atoms with Crippen LogP contribution < -0.4 is 10.6 Å². The zero-order valence-electron chi connectivity index (χ0n) is 11.5. The van der Waals surface area contributed by atoms with E-state index < -0.39 is 24.7 Å². The van der Waals surface area contributed by atoms with Crippen LogP contribution in [-0.4, -0.2) is 55.7 Å². The van der Waals surface area contributed by atoms with Gasteiger partial charge in [-0.1, -0.05) is 0 Å². The summed E-state index contributed by atoms with van der Waals surface area (Å²) >= 11 is 5.52. The number of hydrogen-bond acceptors (Lipinski definition) is 4. The van der Waals surface area contributed by atoms with Gasteiger partial charge in [0.2, 0.25) is 0 Å². The van der Waals surface area contributed by atoms with Crippen molar-refractivity contribution in [2.75, 3.05) is 32.7 Å². The van der Waals surface area contributed by atoms with Crippen LogP contribution in [-0.2, 0) is 0 Å². The van der Waals surface area contributed by atoms with Gasteiger partial charge in [0.05, 0.1) is 0 Å². The molecule has 1 aliphatic heterocycles. The molecule has 0 spiro atoms. The minimum atomic E-state index is -4.41. The topological polar surface area (TPSA) is 57.5 Å². The molecule has 1 saturated heterocycles. The van der Waals surface area contributed by atoms with Gasteiger partial charge in [0.1, 0.15) is 6.04 Å². The number of nitrogens with one attached hydrogen (secondary N) is 2. The van der Waals surface area contributed by atoms with E-state index in [1.54, 1.807) is 0 Å². The molecule has 1 aromatic rings. The average molecular weight is 362 g/mol. The molecule has 1 fully saturated rings. The molecule has 5 nitrogen and oxygen atoms in total. The molecule has 0 aromatic carbocycles. The number of carbonyl (C=O) groups excluding carboxylic acids is 1. The molecule has 22 heavy (non-hydrogen) atoms. The van der Waals surface area contributed by atoms with Gasteiger partial charge in [0.15, 0.2) is 11.0 Å². The standard InChI is InChI=1S/C12H15ClF3N3O2.ClH/c13-10-2-1-8(21-10)11(20)18-7-9(12(14,15)16)19-5-3-17-4-6-19;/h1-2,9,17H,3-7H2,(H,18,20);1H. The number of carbonyl (C=O) groups is 1. The molecule has 1 amide bonds. The highest BCUT2D eigenvalue weighted by Crippen LogP contribution is 2.25. The normalized spacial score (nSPS) is 17.6. The van der Waals surface area contributed by atoms with E-state index in [2.05, 4.69) is 10.6 Å². The number of nitrogens with zero attached hydrogens (tertiary/aromatic N) is 1. The average Bonchev–Trinajstić information content (AvgIpc) is 2.85. The van der Waals surface area contributed by atoms with E-state index in [1.807, 2.05) is 0 Å². The summed E-state index contributed by atoms with van der Waals surface area (Å²) in [4.78, 5) is 13.0. The highest BCUT2D eigenvalue weighted by atomic mass is 35.5. The van der Waals surface area contributed by atoms with Gasteiger partial charge in [-0.05, 0) is 23.7 Å². The summed E-state index contributed by atoms with van der Waals surface area (Å²) in [6.45, 7) is 1.03. The van der Waals surface area contributed by atoms with Gasteiger partial charge in [-0.15, -0.1) is 12.4 Å². The number of furan rings is 1. The molecule has 0 radical (unpaired) electrons. The third-order valence-electron chi connectivity index (χ3n) is 3.22. The lowest BCUT2D eigenvalue weighted by atomic mass is 10.2. The smallest absolute Gasteiger partial charge is 0.405 e. The van der Waals surface area contributed by atoms with Gasteiger partial charge >= 0.3 is 6.18 Å². The maximum atomic E-state index is 13.1. The summed E-state index contributed by atoms with van der Waals surface area (Å²) in [5.74, 6) is -0.826. The molecular weight excluding hydrogens is 346 g/mol. The van der Waals surface area contributed by atoms with Crippen molar-refractivity contribution < 1.29 is 22.4 Å². The Bertz CT molecular complexity index is 490. The van der Waals surface area contributed by atoms with Crippen molar-refractivity contribution in [2.45, 2.75) is 12.2 Å². The maximum Gasteiger partial charge on any atom is 0.405 e. The van der Waals surface area contributed by atoms with Gasteiger partial charge in [-0.2, -0.15) is 13.2 Å². The Hall–Kier alpha value is -0.960. The molecular formula is C12H16Cl2F3N3O2. The Labute approximate surface area is 136 Å². The van der Waals surface area contributed by atoms with Crippen molar-refractivity contribution >= 4 is 29.9 Å². The monoisotopic (exact) mass is 361 g/mol.